The summed E-state index contributed by atoms with van der Waals surface area (Å²) in [5.74, 6) is -0.216. The quantitative estimate of drug-likeness (QED) is 0.730. The summed E-state index contributed by atoms with van der Waals surface area (Å²) in [7, 11) is 0. The van der Waals surface area contributed by atoms with E-state index in [1.54, 1.807) is 6.92 Å². The van der Waals surface area contributed by atoms with Crippen LogP contribution in [0.5, 0.6) is 0 Å². The van der Waals surface area contributed by atoms with Gasteiger partial charge in [-0.05, 0) is 38.5 Å². The maximum atomic E-state index is 11.9. The molecule has 5 nitrogen and oxygen atoms in total. The molecular formula is C14H24N2O3. The van der Waals surface area contributed by atoms with Crippen molar-refractivity contribution >= 4 is 12.0 Å². The zero-order valence-electron chi connectivity index (χ0n) is 11.6. The first-order valence-electron chi connectivity index (χ1n) is 7.30. The second kappa shape index (κ2) is 5.80. The molecule has 0 heterocycles. The summed E-state index contributed by atoms with van der Waals surface area (Å²) in [6, 6.07) is -0.472. The maximum Gasteiger partial charge on any atom is 0.315 e. The van der Waals surface area contributed by atoms with Gasteiger partial charge in [-0.15, -0.1) is 0 Å². The zero-order chi connectivity index (χ0) is 13.9. The Balaban J connectivity index is 1.79. The third-order valence-electron chi connectivity index (χ3n) is 4.78. The van der Waals surface area contributed by atoms with Crippen LogP contribution >= 0.6 is 0 Å². The number of urea groups is 1. The van der Waals surface area contributed by atoms with Gasteiger partial charge in [0.15, 0.2) is 0 Å². The first kappa shape index (κ1) is 14.2. The Hall–Kier alpha value is -1.26. The second-order valence-corrected chi connectivity index (χ2v) is 6.17. The van der Waals surface area contributed by atoms with Gasteiger partial charge < -0.3 is 15.7 Å². The lowest BCUT2D eigenvalue weighted by atomic mass is 9.85. The number of aliphatic carboxylic acids is 1. The highest BCUT2D eigenvalue weighted by Crippen LogP contribution is 2.38. The van der Waals surface area contributed by atoms with Crippen molar-refractivity contribution in [3.63, 3.8) is 0 Å². The predicted octanol–water partition coefficient (Wildman–Crippen LogP) is 2.12. The molecule has 0 radical (unpaired) electrons. The minimum Gasteiger partial charge on any atom is -0.481 e. The molecule has 2 amide bonds. The normalized spacial score (nSPS) is 31.3. The van der Waals surface area contributed by atoms with Crippen molar-refractivity contribution in [1.82, 2.24) is 10.6 Å². The fraction of sp³-hybridized carbons (Fsp3) is 0.857. The van der Waals surface area contributed by atoms with Gasteiger partial charge in [-0.1, -0.05) is 19.3 Å². The molecule has 3 N–H and O–H groups in total. The van der Waals surface area contributed by atoms with Crippen LogP contribution in [0.4, 0.5) is 4.79 Å². The van der Waals surface area contributed by atoms with Crippen LogP contribution in [0, 0.1) is 11.3 Å². The molecule has 0 aromatic heterocycles. The van der Waals surface area contributed by atoms with Gasteiger partial charge in [0.05, 0.1) is 5.41 Å². The molecule has 0 saturated heterocycles. The van der Waals surface area contributed by atoms with Gasteiger partial charge >= 0.3 is 12.0 Å². The summed E-state index contributed by atoms with van der Waals surface area (Å²) in [6.07, 6.45) is 7.14. The van der Waals surface area contributed by atoms with Crippen molar-refractivity contribution in [2.45, 2.75) is 57.9 Å². The number of carboxylic acids is 1. The van der Waals surface area contributed by atoms with Gasteiger partial charge in [-0.2, -0.15) is 0 Å². The van der Waals surface area contributed by atoms with Gasteiger partial charge in [0.25, 0.3) is 0 Å². The number of nitrogens with one attached hydrogen (secondary N) is 2. The summed E-state index contributed by atoms with van der Waals surface area (Å²) in [5, 5.41) is 15.0. The molecule has 2 aliphatic rings. The van der Waals surface area contributed by atoms with Gasteiger partial charge in [-0.25, -0.2) is 4.79 Å². The van der Waals surface area contributed by atoms with Gasteiger partial charge in [0.2, 0.25) is 0 Å². The van der Waals surface area contributed by atoms with E-state index in [9.17, 15) is 14.7 Å². The van der Waals surface area contributed by atoms with Crippen molar-refractivity contribution in [1.29, 1.82) is 0 Å². The van der Waals surface area contributed by atoms with Crippen LogP contribution in [0.15, 0.2) is 0 Å². The third-order valence-corrected chi connectivity index (χ3v) is 4.78. The number of hydrogen-bond donors (Lipinski definition) is 3. The molecule has 5 heteroatoms. The van der Waals surface area contributed by atoms with Gasteiger partial charge in [0.1, 0.15) is 0 Å². The molecule has 0 aliphatic heterocycles. The maximum absolute atomic E-state index is 11.9. The van der Waals surface area contributed by atoms with Crippen LogP contribution < -0.4 is 10.6 Å². The molecule has 0 bridgehead atoms. The molecule has 0 aromatic carbocycles. The van der Waals surface area contributed by atoms with Crippen LogP contribution in [0.2, 0.25) is 0 Å². The number of carboxylic acid groups (broad SMARTS) is 1. The molecule has 2 atom stereocenters. The Morgan fingerprint density at radius 1 is 1.21 bits per heavy atom. The van der Waals surface area contributed by atoms with E-state index >= 15 is 0 Å². The van der Waals surface area contributed by atoms with Crippen molar-refractivity contribution in [3.8, 4) is 0 Å². The number of hydrogen-bond acceptors (Lipinski definition) is 2. The fourth-order valence-corrected chi connectivity index (χ4v) is 3.31. The molecule has 2 fully saturated rings. The van der Waals surface area contributed by atoms with E-state index < -0.39 is 11.4 Å². The SMILES string of the molecule is CC1(C(=O)O)CCCC1NC(=O)NCC1CCCC1. The highest BCUT2D eigenvalue weighted by atomic mass is 16.4. The largest absolute Gasteiger partial charge is 0.481 e. The molecule has 2 unspecified atom stereocenters. The molecule has 2 aliphatic carbocycles. The van der Waals surface area contributed by atoms with Crippen molar-refractivity contribution in [3.05, 3.63) is 0 Å². The van der Waals surface area contributed by atoms with E-state index in [2.05, 4.69) is 10.6 Å². The summed E-state index contributed by atoms with van der Waals surface area (Å²) < 4.78 is 0. The first-order chi connectivity index (χ1) is 9.02. The molecule has 0 spiro atoms. The first-order valence-corrected chi connectivity index (χ1v) is 7.30. The monoisotopic (exact) mass is 268 g/mol. The van der Waals surface area contributed by atoms with E-state index in [0.29, 0.717) is 18.9 Å². The van der Waals surface area contributed by atoms with Crippen LogP contribution in [-0.4, -0.2) is 29.7 Å². The predicted molar refractivity (Wildman–Crippen MR) is 71.9 cm³/mol. The standard InChI is InChI=1S/C14H24N2O3/c1-14(12(17)18)8-4-7-11(14)16-13(19)15-9-10-5-2-3-6-10/h10-11H,2-9H2,1H3,(H,17,18)(H2,15,16,19). The van der Waals surface area contributed by atoms with Crippen LogP contribution in [0.1, 0.15) is 51.9 Å². The van der Waals surface area contributed by atoms with Crippen LogP contribution in [-0.2, 0) is 4.79 Å². The van der Waals surface area contributed by atoms with Crippen molar-refractivity contribution in [2.75, 3.05) is 6.54 Å². The minimum absolute atomic E-state index is 0.216. The van der Waals surface area contributed by atoms with Crippen LogP contribution in [0.25, 0.3) is 0 Å². The zero-order valence-corrected chi connectivity index (χ0v) is 11.6. The van der Waals surface area contributed by atoms with Crippen molar-refractivity contribution in [2.24, 2.45) is 11.3 Å². The molecule has 2 rings (SSSR count). The van der Waals surface area contributed by atoms with Crippen LogP contribution in [0.3, 0.4) is 0 Å². The van der Waals surface area contributed by atoms with E-state index in [1.165, 1.54) is 25.7 Å². The number of carbonyl (C=O) groups excluding carboxylic acids is 1. The summed E-state index contributed by atoms with van der Waals surface area (Å²) >= 11 is 0. The molecule has 2 saturated carbocycles. The summed E-state index contributed by atoms with van der Waals surface area (Å²) in [4.78, 5) is 23.2. The molecule has 108 valence electrons. The van der Waals surface area contributed by atoms with E-state index in [1.807, 2.05) is 0 Å². The Kier molecular flexibility index (Phi) is 4.32. The van der Waals surface area contributed by atoms with E-state index in [0.717, 1.165) is 12.8 Å². The number of rotatable bonds is 4. The number of carbonyl (C=O) groups is 2. The lowest BCUT2D eigenvalue weighted by Gasteiger charge is -2.27. The van der Waals surface area contributed by atoms with Crippen molar-refractivity contribution < 1.29 is 14.7 Å². The Morgan fingerprint density at radius 3 is 2.53 bits per heavy atom. The summed E-state index contributed by atoms with van der Waals surface area (Å²) in [5.41, 5.74) is -0.815. The van der Waals surface area contributed by atoms with Gasteiger partial charge in [0, 0.05) is 12.6 Å². The second-order valence-electron chi connectivity index (χ2n) is 6.17. The molecule has 0 aromatic rings. The highest BCUT2D eigenvalue weighted by Gasteiger charge is 2.45. The topological polar surface area (TPSA) is 78.4 Å². The number of amides is 2. The third kappa shape index (κ3) is 3.19. The summed E-state index contributed by atoms with van der Waals surface area (Å²) in [6.45, 7) is 2.44. The lowest BCUT2D eigenvalue weighted by molar-refractivity contribution is -0.148. The highest BCUT2D eigenvalue weighted by molar-refractivity contribution is 5.79. The Bertz CT molecular complexity index is 353. The Labute approximate surface area is 114 Å². The Morgan fingerprint density at radius 2 is 1.89 bits per heavy atom. The average molecular weight is 268 g/mol. The van der Waals surface area contributed by atoms with E-state index in [-0.39, 0.29) is 12.1 Å². The molecule has 19 heavy (non-hydrogen) atoms. The average Bonchev–Trinajstić information content (AvgIpc) is 2.98. The minimum atomic E-state index is -0.815. The fourth-order valence-electron chi connectivity index (χ4n) is 3.31. The van der Waals surface area contributed by atoms with E-state index in [4.69, 9.17) is 0 Å². The smallest absolute Gasteiger partial charge is 0.315 e. The van der Waals surface area contributed by atoms with Gasteiger partial charge in [-0.3, -0.25) is 4.79 Å². The lowest BCUT2D eigenvalue weighted by Crippen LogP contribution is -2.50. The molecular weight excluding hydrogens is 244 g/mol.